The number of aromatic nitrogens is 2. The predicted octanol–water partition coefficient (Wildman–Crippen LogP) is -0.263. The van der Waals surface area contributed by atoms with Crippen LogP contribution in [0.3, 0.4) is 0 Å². The first-order chi connectivity index (χ1) is 29.3. The molecule has 346 valence electrons. The number of aliphatic hydroxyl groups is 1. The number of aryl methyl sites for hydroxylation is 1. The number of unbranched alkanes of at least 4 members (excludes halogenated alkanes) is 1. The average molecular weight is 895 g/mol. The Balaban J connectivity index is 1.76. The largest absolute Gasteiger partial charge is 0.469 e. The highest BCUT2D eigenvalue weighted by Gasteiger charge is 2.42. The summed E-state index contributed by atoms with van der Waals surface area (Å²) in [7, 11) is -5.11. The number of nitrogens with one attached hydrogen (secondary N) is 5. The second kappa shape index (κ2) is 25.4. The molecule has 3 rings (SSSR count). The first kappa shape index (κ1) is 51.6. The molecule has 0 unspecified atom stereocenters. The van der Waals surface area contributed by atoms with Crippen LogP contribution in [0.25, 0.3) is 0 Å². The minimum atomic E-state index is -5.11. The highest BCUT2D eigenvalue weighted by molar-refractivity contribution is 7.46. The molecule has 7 atom stereocenters. The number of ether oxygens (including phenoxy) is 2. The molecule has 1 fully saturated rings. The van der Waals surface area contributed by atoms with Crippen LogP contribution in [-0.2, 0) is 60.2 Å². The molecule has 22 heteroatoms. The van der Waals surface area contributed by atoms with E-state index in [4.69, 9.17) is 25.0 Å². The number of nitrogens with two attached hydrogens (primary N) is 1. The van der Waals surface area contributed by atoms with Crippen molar-refractivity contribution < 1.29 is 62.2 Å². The molecule has 0 radical (unpaired) electrons. The van der Waals surface area contributed by atoms with Gasteiger partial charge >= 0.3 is 7.82 Å². The lowest BCUT2D eigenvalue weighted by Crippen LogP contribution is -2.61. The number of carbonyl (C=O) groups is 6. The van der Waals surface area contributed by atoms with E-state index in [0.717, 1.165) is 26.2 Å². The van der Waals surface area contributed by atoms with Crippen molar-refractivity contribution in [2.45, 2.75) is 128 Å². The third-order valence-corrected chi connectivity index (χ3v) is 10.5. The van der Waals surface area contributed by atoms with Gasteiger partial charge in [-0.05, 0) is 57.9 Å². The molecule has 1 aromatic carbocycles. The summed E-state index contributed by atoms with van der Waals surface area (Å²) in [5, 5.41) is 19.9. The first-order valence-electron chi connectivity index (χ1n) is 20.7. The number of hydrogen-bond acceptors (Lipinski definition) is 12. The van der Waals surface area contributed by atoms with Crippen LogP contribution in [0.5, 0.6) is 0 Å². The summed E-state index contributed by atoms with van der Waals surface area (Å²) in [5.74, 6) is -5.16. The maximum Gasteiger partial charge on any atom is 0.469 e. The molecule has 1 aliphatic heterocycles. The van der Waals surface area contributed by atoms with Gasteiger partial charge in [-0.1, -0.05) is 44.2 Å². The third kappa shape index (κ3) is 17.9. The van der Waals surface area contributed by atoms with Gasteiger partial charge in [-0.25, -0.2) is 9.55 Å². The maximum atomic E-state index is 14.1. The van der Waals surface area contributed by atoms with E-state index >= 15 is 0 Å². The van der Waals surface area contributed by atoms with Gasteiger partial charge in [0, 0.05) is 37.9 Å². The van der Waals surface area contributed by atoms with Gasteiger partial charge in [-0.15, -0.1) is 0 Å². The van der Waals surface area contributed by atoms with Gasteiger partial charge in [-0.3, -0.25) is 33.3 Å². The molecular formula is C40H63N8O13P. The standard InChI is InChI=1S/C40H63N8O13P/c1-24(2)17-30(45-40(55)33-19-29(21-48(33)34(50)14-16-59-25(3)4)60-15-10-9-13-27-11-7-6-8-12-27)37(52)44-31(18-28-20-42-23-43-28)38(53)46-32(22-49)39(54)47-35(36(41)51)26(5)61-62(56,57)58/h6-8,11-12,20,23-26,29-33,35,49H,9-10,13-19,21-22H2,1-5H3,(H2,41,51)(H,42,43)(H,44,52)(H,45,55)(H,46,53)(H,47,54)(H2,56,57,58)/t26-,29-,30+,31+,32+,33+,35+/m1/s1. The maximum absolute atomic E-state index is 14.1. The second-order valence-corrected chi connectivity index (χ2v) is 17.1. The number of hydrogen-bond donors (Lipinski definition) is 9. The highest BCUT2D eigenvalue weighted by atomic mass is 31.2. The Morgan fingerprint density at radius 1 is 0.919 bits per heavy atom. The van der Waals surface area contributed by atoms with E-state index in [1.165, 1.54) is 23.0 Å². The minimum absolute atomic E-state index is 0.0301. The van der Waals surface area contributed by atoms with Gasteiger partial charge in [0.15, 0.2) is 0 Å². The van der Waals surface area contributed by atoms with Crippen molar-refractivity contribution in [2.75, 3.05) is 26.4 Å². The number of benzene rings is 1. The van der Waals surface area contributed by atoms with Crippen LogP contribution in [-0.4, -0.2) is 140 Å². The molecule has 62 heavy (non-hydrogen) atoms. The van der Waals surface area contributed by atoms with Crippen LogP contribution in [0.4, 0.5) is 0 Å². The van der Waals surface area contributed by atoms with E-state index in [9.17, 15) is 38.4 Å². The molecule has 0 aliphatic carbocycles. The zero-order valence-electron chi connectivity index (χ0n) is 35.9. The van der Waals surface area contributed by atoms with Crippen molar-refractivity contribution in [3.05, 3.63) is 54.1 Å². The predicted molar refractivity (Wildman–Crippen MR) is 223 cm³/mol. The molecule has 1 aromatic heterocycles. The number of carbonyl (C=O) groups excluding carboxylic acids is 6. The van der Waals surface area contributed by atoms with E-state index in [-0.39, 0.29) is 56.8 Å². The van der Waals surface area contributed by atoms with Crippen molar-refractivity contribution in [3.63, 3.8) is 0 Å². The number of phosphoric acid groups is 1. The van der Waals surface area contributed by atoms with Crippen LogP contribution in [0.15, 0.2) is 42.9 Å². The number of nitrogens with zero attached hydrogens (tertiary/aromatic N) is 2. The average Bonchev–Trinajstić information content (AvgIpc) is 3.88. The van der Waals surface area contributed by atoms with Gasteiger partial charge in [0.1, 0.15) is 30.2 Å². The molecule has 2 aromatic rings. The molecule has 1 saturated heterocycles. The van der Waals surface area contributed by atoms with Crippen LogP contribution < -0.4 is 27.0 Å². The summed E-state index contributed by atoms with van der Waals surface area (Å²) in [6.07, 6.45) is 3.29. The number of likely N-dealkylation sites (tertiary alicyclic amines) is 1. The molecular weight excluding hydrogens is 831 g/mol. The number of rotatable bonds is 27. The lowest BCUT2D eigenvalue weighted by atomic mass is 10.0. The molecule has 21 nitrogen and oxygen atoms in total. The zero-order valence-corrected chi connectivity index (χ0v) is 36.8. The second-order valence-electron chi connectivity index (χ2n) is 15.9. The fourth-order valence-corrected chi connectivity index (χ4v) is 7.33. The van der Waals surface area contributed by atoms with Crippen LogP contribution in [0.1, 0.15) is 78.0 Å². The van der Waals surface area contributed by atoms with E-state index in [1.807, 2.05) is 45.9 Å². The summed E-state index contributed by atoms with van der Waals surface area (Å²) in [6.45, 7) is 8.17. The number of aliphatic hydroxyl groups excluding tert-OH is 1. The highest BCUT2D eigenvalue weighted by Crippen LogP contribution is 2.38. The molecule has 0 spiro atoms. The monoisotopic (exact) mass is 894 g/mol. The Bertz CT molecular complexity index is 1800. The Morgan fingerprint density at radius 3 is 2.18 bits per heavy atom. The smallest absolute Gasteiger partial charge is 0.394 e. The van der Waals surface area contributed by atoms with Crippen molar-refractivity contribution in [3.8, 4) is 0 Å². The number of primary amides is 1. The van der Waals surface area contributed by atoms with E-state index in [0.29, 0.717) is 12.3 Å². The Kier molecular flexibility index (Phi) is 21.1. The molecule has 6 amide bonds. The van der Waals surface area contributed by atoms with E-state index < -0.39 is 86.4 Å². The fraction of sp³-hybridized carbons (Fsp3) is 0.625. The number of amides is 6. The quantitative estimate of drug-likeness (QED) is 0.0413. The van der Waals surface area contributed by atoms with E-state index in [2.05, 4.69) is 47.9 Å². The fourth-order valence-electron chi connectivity index (χ4n) is 6.78. The molecule has 0 saturated carbocycles. The van der Waals surface area contributed by atoms with Gasteiger partial charge in [0.25, 0.3) is 0 Å². The topological polar surface area (TPSA) is 314 Å². The summed E-state index contributed by atoms with van der Waals surface area (Å²) in [5.41, 5.74) is 6.93. The SMILES string of the molecule is CC(C)C[C@H](NC(=O)[C@@H]1C[C@@H](OCCCCc2ccccc2)CN1C(=O)CCOC(C)C)C(=O)N[C@@H](Cc1cnc[nH]1)C(=O)N[C@@H](CO)C(=O)N[C@H](C(N)=O)[C@@H](C)OP(=O)(O)O. The summed E-state index contributed by atoms with van der Waals surface area (Å²) >= 11 is 0. The molecule has 0 bridgehead atoms. The number of aromatic amines is 1. The molecule has 2 heterocycles. The Labute approximate surface area is 361 Å². The van der Waals surface area contributed by atoms with Crippen molar-refractivity contribution in [2.24, 2.45) is 11.7 Å². The van der Waals surface area contributed by atoms with Crippen LogP contribution in [0.2, 0.25) is 0 Å². The summed E-state index contributed by atoms with van der Waals surface area (Å²) in [6, 6.07) is 2.96. The molecule has 10 N–H and O–H groups in total. The summed E-state index contributed by atoms with van der Waals surface area (Å²) < 4.78 is 27.6. The normalized spacial score (nSPS) is 17.8. The van der Waals surface area contributed by atoms with Crippen molar-refractivity contribution in [1.29, 1.82) is 0 Å². The van der Waals surface area contributed by atoms with Gasteiger partial charge in [0.2, 0.25) is 35.4 Å². The lowest BCUT2D eigenvalue weighted by Gasteiger charge is -2.28. The van der Waals surface area contributed by atoms with Gasteiger partial charge in [-0.2, -0.15) is 0 Å². The minimum Gasteiger partial charge on any atom is -0.394 e. The number of phosphoric ester groups is 1. The third-order valence-electron chi connectivity index (χ3n) is 9.85. The van der Waals surface area contributed by atoms with Crippen molar-refractivity contribution >= 4 is 43.3 Å². The Morgan fingerprint density at radius 2 is 1.58 bits per heavy atom. The van der Waals surface area contributed by atoms with Crippen LogP contribution in [0, 0.1) is 5.92 Å². The number of H-pyrrole nitrogens is 1. The van der Waals surface area contributed by atoms with Crippen molar-refractivity contribution in [1.82, 2.24) is 36.1 Å². The lowest BCUT2D eigenvalue weighted by molar-refractivity contribution is -0.140. The van der Waals surface area contributed by atoms with E-state index in [1.54, 1.807) is 0 Å². The van der Waals surface area contributed by atoms with Crippen LogP contribution >= 0.6 is 7.82 Å². The number of imidazole rings is 1. The van der Waals surface area contributed by atoms with Gasteiger partial charge < -0.3 is 61.3 Å². The van der Waals surface area contributed by atoms with Gasteiger partial charge in [0.05, 0.1) is 44.3 Å². The summed E-state index contributed by atoms with van der Waals surface area (Å²) in [4.78, 5) is 107. The first-order valence-corrected chi connectivity index (χ1v) is 22.2. The molecule has 1 aliphatic rings. The zero-order chi connectivity index (χ0) is 46.0. The Hall–Kier alpha value is -4.76.